The van der Waals surface area contributed by atoms with Crippen LogP contribution in [0.15, 0.2) is 36.7 Å². The number of hydrogen-bond donors (Lipinski definition) is 1. The van der Waals surface area contributed by atoms with Crippen LogP contribution < -0.4 is 10.1 Å². The first-order valence-corrected chi connectivity index (χ1v) is 8.45. The van der Waals surface area contributed by atoms with Crippen LogP contribution in [0.3, 0.4) is 0 Å². The van der Waals surface area contributed by atoms with Gasteiger partial charge in [0.1, 0.15) is 12.1 Å². The Morgan fingerprint density at radius 2 is 2.04 bits per heavy atom. The van der Waals surface area contributed by atoms with E-state index < -0.39 is 0 Å². The van der Waals surface area contributed by atoms with Gasteiger partial charge in [-0.1, -0.05) is 6.08 Å². The topological polar surface area (TPSA) is 85.6 Å². The summed E-state index contributed by atoms with van der Waals surface area (Å²) in [4.78, 5) is 32.1. The molecule has 138 valence electrons. The number of aromatic nitrogens is 3. The molecule has 0 radical (unpaired) electrons. The Kier molecular flexibility index (Phi) is 5.03. The molecule has 0 fully saturated rings. The van der Waals surface area contributed by atoms with Gasteiger partial charge in [-0.05, 0) is 51.5 Å². The van der Waals surface area contributed by atoms with Crippen molar-refractivity contribution < 1.29 is 14.3 Å². The Labute approximate surface area is 156 Å². The fourth-order valence-electron chi connectivity index (χ4n) is 2.86. The molecule has 1 N–H and O–H groups in total. The first kappa shape index (κ1) is 18.3. The van der Waals surface area contributed by atoms with E-state index in [0.29, 0.717) is 23.6 Å². The molecule has 0 spiro atoms. The highest BCUT2D eigenvalue weighted by atomic mass is 16.5. The Balaban J connectivity index is 1.95. The molecule has 2 heterocycles. The lowest BCUT2D eigenvalue weighted by Crippen LogP contribution is -2.14. The lowest BCUT2D eigenvalue weighted by Gasteiger charge is -2.11. The SMILES string of the molecule is C/C=C(/C)c1ccc(NC(=O)c2ncn3c(C)cc(C)nc23)cc1OC=O. The largest absolute Gasteiger partial charge is 0.428 e. The van der Waals surface area contributed by atoms with Crippen molar-refractivity contribution in [1.29, 1.82) is 0 Å². The normalized spacial score (nSPS) is 11.5. The molecule has 0 saturated carbocycles. The molecule has 0 saturated heterocycles. The molecule has 0 atom stereocenters. The third-order valence-corrected chi connectivity index (χ3v) is 4.31. The predicted octanol–water partition coefficient (Wildman–Crippen LogP) is 3.56. The summed E-state index contributed by atoms with van der Waals surface area (Å²) in [5, 5.41) is 2.79. The highest BCUT2D eigenvalue weighted by Gasteiger charge is 2.17. The molecular formula is C20H20N4O3. The van der Waals surface area contributed by atoms with Crippen LogP contribution in [-0.4, -0.2) is 26.7 Å². The summed E-state index contributed by atoms with van der Waals surface area (Å²) in [5.74, 6) is -0.0135. The summed E-state index contributed by atoms with van der Waals surface area (Å²) in [7, 11) is 0. The van der Waals surface area contributed by atoms with Crippen LogP contribution >= 0.6 is 0 Å². The summed E-state index contributed by atoms with van der Waals surface area (Å²) >= 11 is 0. The van der Waals surface area contributed by atoms with E-state index in [2.05, 4.69) is 15.3 Å². The molecule has 1 aromatic carbocycles. The zero-order valence-corrected chi connectivity index (χ0v) is 15.6. The monoisotopic (exact) mass is 364 g/mol. The van der Waals surface area contributed by atoms with Crippen molar-refractivity contribution in [2.24, 2.45) is 0 Å². The molecule has 3 rings (SSSR count). The molecular weight excluding hydrogens is 344 g/mol. The van der Waals surface area contributed by atoms with E-state index in [9.17, 15) is 9.59 Å². The number of nitrogens with zero attached hydrogens (tertiary/aromatic N) is 3. The van der Waals surface area contributed by atoms with Gasteiger partial charge in [-0.2, -0.15) is 0 Å². The summed E-state index contributed by atoms with van der Waals surface area (Å²) in [5.41, 5.74) is 4.71. The number of fused-ring (bicyclic) bond motifs is 1. The van der Waals surface area contributed by atoms with Crippen molar-refractivity contribution in [3.63, 3.8) is 0 Å². The minimum Gasteiger partial charge on any atom is -0.428 e. The van der Waals surface area contributed by atoms with E-state index in [1.54, 1.807) is 28.9 Å². The standard InChI is InChI=1S/C20H20N4O3/c1-5-12(2)16-7-6-15(9-17(16)27-11-25)23-20(26)18-19-22-13(3)8-14(4)24(19)10-21-18/h5-11H,1-4H3,(H,23,26)/b12-5-. The van der Waals surface area contributed by atoms with Crippen LogP contribution in [0.2, 0.25) is 0 Å². The Bertz CT molecular complexity index is 1070. The molecule has 0 aliphatic heterocycles. The minimum absolute atomic E-state index is 0.230. The van der Waals surface area contributed by atoms with Gasteiger partial charge in [0.25, 0.3) is 12.4 Å². The quantitative estimate of drug-likeness (QED) is 0.700. The van der Waals surface area contributed by atoms with Gasteiger partial charge < -0.3 is 10.1 Å². The second-order valence-corrected chi connectivity index (χ2v) is 6.18. The van der Waals surface area contributed by atoms with Gasteiger partial charge in [-0.3, -0.25) is 14.0 Å². The average molecular weight is 364 g/mol. The fourth-order valence-corrected chi connectivity index (χ4v) is 2.86. The second-order valence-electron chi connectivity index (χ2n) is 6.18. The predicted molar refractivity (Wildman–Crippen MR) is 103 cm³/mol. The summed E-state index contributed by atoms with van der Waals surface area (Å²) in [6.07, 6.45) is 3.49. The van der Waals surface area contributed by atoms with E-state index in [-0.39, 0.29) is 11.6 Å². The maximum Gasteiger partial charge on any atom is 0.298 e. The zero-order valence-electron chi connectivity index (χ0n) is 15.6. The van der Waals surface area contributed by atoms with E-state index in [1.807, 2.05) is 39.8 Å². The lowest BCUT2D eigenvalue weighted by molar-refractivity contribution is -0.120. The third kappa shape index (κ3) is 3.57. The molecule has 0 bridgehead atoms. The summed E-state index contributed by atoms with van der Waals surface area (Å²) in [6.45, 7) is 7.98. The average Bonchev–Trinajstić information content (AvgIpc) is 3.06. The number of benzene rings is 1. The number of allylic oxidation sites excluding steroid dienone is 2. The van der Waals surface area contributed by atoms with E-state index in [4.69, 9.17) is 4.74 Å². The van der Waals surface area contributed by atoms with Gasteiger partial charge in [-0.15, -0.1) is 0 Å². The van der Waals surface area contributed by atoms with Crippen LogP contribution in [0, 0.1) is 13.8 Å². The van der Waals surface area contributed by atoms with Gasteiger partial charge >= 0.3 is 0 Å². The maximum atomic E-state index is 12.7. The number of aryl methyl sites for hydroxylation is 2. The second kappa shape index (κ2) is 7.41. The highest BCUT2D eigenvalue weighted by Crippen LogP contribution is 2.29. The van der Waals surface area contributed by atoms with Gasteiger partial charge in [0.05, 0.1) is 0 Å². The molecule has 27 heavy (non-hydrogen) atoms. The molecule has 1 amide bonds. The number of hydrogen-bond acceptors (Lipinski definition) is 5. The smallest absolute Gasteiger partial charge is 0.298 e. The van der Waals surface area contributed by atoms with Crippen LogP contribution in [0.25, 0.3) is 11.2 Å². The van der Waals surface area contributed by atoms with Crippen molar-refractivity contribution in [3.8, 4) is 5.75 Å². The van der Waals surface area contributed by atoms with Crippen LogP contribution in [0.4, 0.5) is 5.69 Å². The van der Waals surface area contributed by atoms with E-state index in [0.717, 1.165) is 22.5 Å². The van der Waals surface area contributed by atoms with Gasteiger partial charge in [0.15, 0.2) is 11.3 Å². The molecule has 0 aliphatic rings. The maximum absolute atomic E-state index is 12.7. The van der Waals surface area contributed by atoms with Crippen LogP contribution in [0.1, 0.15) is 41.3 Å². The van der Waals surface area contributed by atoms with Crippen molar-refractivity contribution in [1.82, 2.24) is 14.4 Å². The molecule has 0 aliphatic carbocycles. The molecule has 2 aromatic heterocycles. The summed E-state index contributed by atoms with van der Waals surface area (Å²) in [6, 6.07) is 7.07. The van der Waals surface area contributed by atoms with Crippen molar-refractivity contribution in [2.45, 2.75) is 27.7 Å². The number of amides is 1. The number of carbonyl (C=O) groups is 2. The Morgan fingerprint density at radius 1 is 1.26 bits per heavy atom. The molecule has 0 unspecified atom stereocenters. The fraction of sp³-hybridized carbons (Fsp3) is 0.200. The number of rotatable bonds is 5. The van der Waals surface area contributed by atoms with Crippen LogP contribution in [-0.2, 0) is 4.79 Å². The van der Waals surface area contributed by atoms with Gasteiger partial charge in [0.2, 0.25) is 0 Å². The first-order valence-electron chi connectivity index (χ1n) is 8.45. The highest BCUT2D eigenvalue weighted by molar-refractivity contribution is 6.07. The minimum atomic E-state index is -0.387. The number of imidazole rings is 1. The molecule has 7 heteroatoms. The van der Waals surface area contributed by atoms with Gasteiger partial charge in [0, 0.05) is 28.7 Å². The number of carbonyl (C=O) groups excluding carboxylic acids is 2. The van der Waals surface area contributed by atoms with Crippen molar-refractivity contribution >= 4 is 29.3 Å². The van der Waals surface area contributed by atoms with Crippen LogP contribution in [0.5, 0.6) is 5.75 Å². The van der Waals surface area contributed by atoms with Crippen molar-refractivity contribution in [3.05, 3.63) is 59.3 Å². The number of nitrogens with one attached hydrogen (secondary N) is 1. The Hall–Kier alpha value is -3.48. The number of ether oxygens (including phenoxy) is 1. The molecule has 7 nitrogen and oxygen atoms in total. The van der Waals surface area contributed by atoms with Gasteiger partial charge in [-0.25, -0.2) is 9.97 Å². The first-order chi connectivity index (χ1) is 12.9. The molecule has 3 aromatic rings. The van der Waals surface area contributed by atoms with Crippen molar-refractivity contribution in [2.75, 3.05) is 5.32 Å². The lowest BCUT2D eigenvalue weighted by atomic mass is 10.1. The Morgan fingerprint density at radius 3 is 2.74 bits per heavy atom. The van der Waals surface area contributed by atoms with E-state index in [1.165, 1.54) is 0 Å². The van der Waals surface area contributed by atoms with E-state index >= 15 is 0 Å². The zero-order chi connectivity index (χ0) is 19.6. The third-order valence-electron chi connectivity index (χ3n) is 4.31. The number of anilines is 1. The summed E-state index contributed by atoms with van der Waals surface area (Å²) < 4.78 is 6.84.